The van der Waals surface area contributed by atoms with Crippen molar-refractivity contribution < 1.29 is 22.7 Å². The third-order valence-electron chi connectivity index (χ3n) is 4.68. The number of nitrogens with one attached hydrogen (secondary N) is 1. The van der Waals surface area contributed by atoms with Crippen LogP contribution in [-0.4, -0.2) is 25.7 Å². The summed E-state index contributed by atoms with van der Waals surface area (Å²) >= 11 is 0. The van der Waals surface area contributed by atoms with Crippen LogP contribution in [0.4, 0.5) is 13.2 Å². The van der Waals surface area contributed by atoms with Crippen molar-refractivity contribution in [2.75, 3.05) is 19.8 Å². The van der Waals surface area contributed by atoms with E-state index in [1.807, 2.05) is 0 Å². The standard InChI is InChI=1S/C19H18F3NO2/c20-15-4-2-14(3-5-15)19(7-9-25-10-8-19)12-23-18(24)13-1-6-16(21)17(22)11-13/h1-6,11H,7-10,12H2,(H,23,24). The van der Waals surface area contributed by atoms with E-state index in [0.717, 1.165) is 17.7 Å². The molecule has 1 heterocycles. The van der Waals surface area contributed by atoms with Crippen molar-refractivity contribution in [1.29, 1.82) is 0 Å². The molecule has 0 radical (unpaired) electrons. The van der Waals surface area contributed by atoms with Crippen LogP contribution in [0.5, 0.6) is 0 Å². The van der Waals surface area contributed by atoms with Gasteiger partial charge in [-0.3, -0.25) is 4.79 Å². The Kier molecular flexibility index (Phi) is 5.08. The van der Waals surface area contributed by atoms with Gasteiger partial charge in [0.2, 0.25) is 0 Å². The molecule has 0 spiro atoms. The summed E-state index contributed by atoms with van der Waals surface area (Å²) in [6.07, 6.45) is 1.35. The molecule has 0 aromatic heterocycles. The van der Waals surface area contributed by atoms with Gasteiger partial charge < -0.3 is 10.1 Å². The van der Waals surface area contributed by atoms with Crippen LogP contribution in [0.1, 0.15) is 28.8 Å². The van der Waals surface area contributed by atoms with E-state index in [2.05, 4.69) is 5.32 Å². The molecule has 1 aliphatic rings. The number of halogens is 3. The summed E-state index contributed by atoms with van der Waals surface area (Å²) in [6.45, 7) is 1.39. The summed E-state index contributed by atoms with van der Waals surface area (Å²) in [5, 5.41) is 2.79. The lowest BCUT2D eigenvalue weighted by atomic mass is 9.74. The van der Waals surface area contributed by atoms with E-state index in [9.17, 15) is 18.0 Å². The molecule has 2 aromatic carbocycles. The van der Waals surface area contributed by atoms with Gasteiger partial charge in [-0.1, -0.05) is 12.1 Å². The number of rotatable bonds is 4. The molecule has 1 saturated heterocycles. The van der Waals surface area contributed by atoms with E-state index in [0.29, 0.717) is 32.6 Å². The molecule has 1 aliphatic heterocycles. The molecule has 6 heteroatoms. The first-order valence-electron chi connectivity index (χ1n) is 8.07. The lowest BCUT2D eigenvalue weighted by molar-refractivity contribution is 0.0487. The Hall–Kier alpha value is -2.34. The molecular formula is C19H18F3NO2. The van der Waals surface area contributed by atoms with E-state index in [-0.39, 0.29) is 16.8 Å². The molecule has 0 unspecified atom stereocenters. The van der Waals surface area contributed by atoms with Gasteiger partial charge in [-0.25, -0.2) is 13.2 Å². The SMILES string of the molecule is O=C(NCC1(c2ccc(F)cc2)CCOCC1)c1ccc(F)c(F)c1. The fraction of sp³-hybridized carbons (Fsp3) is 0.316. The van der Waals surface area contributed by atoms with E-state index >= 15 is 0 Å². The average molecular weight is 349 g/mol. The second-order valence-electron chi connectivity index (χ2n) is 6.21. The number of hydrogen-bond acceptors (Lipinski definition) is 2. The monoisotopic (exact) mass is 349 g/mol. The van der Waals surface area contributed by atoms with Gasteiger partial charge in [0.15, 0.2) is 11.6 Å². The van der Waals surface area contributed by atoms with Crippen LogP contribution in [0.15, 0.2) is 42.5 Å². The maximum Gasteiger partial charge on any atom is 0.251 e. The minimum atomic E-state index is -1.06. The molecular weight excluding hydrogens is 331 g/mol. The molecule has 3 nitrogen and oxygen atoms in total. The summed E-state index contributed by atoms with van der Waals surface area (Å²) in [4.78, 5) is 12.3. The van der Waals surface area contributed by atoms with Gasteiger partial charge in [0.05, 0.1) is 0 Å². The number of hydrogen-bond donors (Lipinski definition) is 1. The van der Waals surface area contributed by atoms with Gasteiger partial charge in [0.1, 0.15) is 5.82 Å². The fourth-order valence-corrected chi connectivity index (χ4v) is 3.12. The van der Waals surface area contributed by atoms with Crippen LogP contribution in [0.25, 0.3) is 0 Å². The molecule has 0 bridgehead atoms. The third-order valence-corrected chi connectivity index (χ3v) is 4.68. The Morgan fingerprint density at radius 2 is 1.68 bits per heavy atom. The molecule has 132 valence electrons. The fourth-order valence-electron chi connectivity index (χ4n) is 3.12. The zero-order valence-corrected chi connectivity index (χ0v) is 13.5. The van der Waals surface area contributed by atoms with Crippen molar-refractivity contribution in [3.8, 4) is 0 Å². The first kappa shape index (κ1) is 17.5. The first-order chi connectivity index (χ1) is 12.0. The Morgan fingerprint density at radius 3 is 2.32 bits per heavy atom. The zero-order chi connectivity index (χ0) is 17.9. The topological polar surface area (TPSA) is 38.3 Å². The van der Waals surface area contributed by atoms with Crippen molar-refractivity contribution in [1.82, 2.24) is 5.32 Å². The second kappa shape index (κ2) is 7.27. The molecule has 0 aliphatic carbocycles. The van der Waals surface area contributed by atoms with Gasteiger partial charge in [0.25, 0.3) is 5.91 Å². The van der Waals surface area contributed by atoms with Crippen molar-refractivity contribution in [2.45, 2.75) is 18.3 Å². The second-order valence-corrected chi connectivity index (χ2v) is 6.21. The lowest BCUT2D eigenvalue weighted by Crippen LogP contribution is -2.44. The summed E-state index contributed by atoms with van der Waals surface area (Å²) in [7, 11) is 0. The minimum absolute atomic E-state index is 0.0558. The first-order valence-corrected chi connectivity index (χ1v) is 8.07. The average Bonchev–Trinajstić information content (AvgIpc) is 2.63. The smallest absolute Gasteiger partial charge is 0.251 e. The molecule has 1 amide bonds. The normalized spacial score (nSPS) is 16.4. The van der Waals surface area contributed by atoms with E-state index < -0.39 is 17.5 Å². The lowest BCUT2D eigenvalue weighted by Gasteiger charge is -2.38. The van der Waals surface area contributed by atoms with Crippen molar-refractivity contribution >= 4 is 5.91 Å². The molecule has 0 atom stereocenters. The van der Waals surface area contributed by atoms with Gasteiger partial charge in [-0.05, 0) is 48.7 Å². The quantitative estimate of drug-likeness (QED) is 0.916. The van der Waals surface area contributed by atoms with Crippen molar-refractivity contribution in [3.63, 3.8) is 0 Å². The van der Waals surface area contributed by atoms with Crippen LogP contribution in [-0.2, 0) is 10.2 Å². The molecule has 3 rings (SSSR count). The van der Waals surface area contributed by atoms with Crippen molar-refractivity contribution in [3.05, 3.63) is 71.0 Å². The Balaban J connectivity index is 1.77. The Morgan fingerprint density at radius 1 is 1.00 bits per heavy atom. The van der Waals surface area contributed by atoms with E-state index in [4.69, 9.17) is 4.74 Å². The van der Waals surface area contributed by atoms with Crippen LogP contribution >= 0.6 is 0 Å². The highest BCUT2D eigenvalue weighted by molar-refractivity contribution is 5.94. The molecule has 25 heavy (non-hydrogen) atoms. The molecule has 1 fully saturated rings. The summed E-state index contributed by atoms with van der Waals surface area (Å²) in [5.74, 6) is -2.86. The van der Waals surface area contributed by atoms with Crippen LogP contribution in [0, 0.1) is 17.5 Å². The maximum atomic E-state index is 13.3. The molecule has 2 aromatic rings. The van der Waals surface area contributed by atoms with Gasteiger partial charge in [0, 0.05) is 30.7 Å². The van der Waals surface area contributed by atoms with Gasteiger partial charge >= 0.3 is 0 Å². The number of amides is 1. The highest BCUT2D eigenvalue weighted by Gasteiger charge is 2.35. The third kappa shape index (κ3) is 3.85. The molecule has 1 N–H and O–H groups in total. The van der Waals surface area contributed by atoms with Gasteiger partial charge in [-0.15, -0.1) is 0 Å². The Bertz CT molecular complexity index is 756. The van der Waals surface area contributed by atoms with Crippen LogP contribution in [0.3, 0.4) is 0 Å². The summed E-state index contributed by atoms with van der Waals surface area (Å²) in [6, 6.07) is 9.25. The molecule has 0 saturated carbocycles. The number of carbonyl (C=O) groups excluding carboxylic acids is 1. The summed E-state index contributed by atoms with van der Waals surface area (Å²) in [5.41, 5.74) is 0.600. The van der Waals surface area contributed by atoms with E-state index in [1.165, 1.54) is 18.2 Å². The predicted molar refractivity (Wildman–Crippen MR) is 86.8 cm³/mol. The van der Waals surface area contributed by atoms with Crippen LogP contribution in [0.2, 0.25) is 0 Å². The van der Waals surface area contributed by atoms with Crippen LogP contribution < -0.4 is 5.32 Å². The van der Waals surface area contributed by atoms with Gasteiger partial charge in [-0.2, -0.15) is 0 Å². The summed E-state index contributed by atoms with van der Waals surface area (Å²) < 4.78 is 44.9. The largest absolute Gasteiger partial charge is 0.381 e. The van der Waals surface area contributed by atoms with E-state index in [1.54, 1.807) is 12.1 Å². The minimum Gasteiger partial charge on any atom is -0.381 e. The maximum absolute atomic E-state index is 13.3. The predicted octanol–water partition coefficient (Wildman–Crippen LogP) is 3.58. The number of benzene rings is 2. The number of carbonyl (C=O) groups is 1. The highest BCUT2D eigenvalue weighted by atomic mass is 19.2. The zero-order valence-electron chi connectivity index (χ0n) is 13.5. The van der Waals surface area contributed by atoms with Crippen molar-refractivity contribution in [2.24, 2.45) is 0 Å². The number of ether oxygens (including phenoxy) is 1. The Labute approximate surface area is 143 Å². The highest BCUT2D eigenvalue weighted by Crippen LogP contribution is 2.34.